The highest BCUT2D eigenvalue weighted by Crippen LogP contribution is 2.26. The summed E-state index contributed by atoms with van der Waals surface area (Å²) in [6.45, 7) is 3.87. The summed E-state index contributed by atoms with van der Waals surface area (Å²) in [5, 5.41) is 2.70. The van der Waals surface area contributed by atoms with Gasteiger partial charge in [-0.25, -0.2) is 8.42 Å². The number of amides is 2. The van der Waals surface area contributed by atoms with E-state index in [-0.39, 0.29) is 23.8 Å². The third kappa shape index (κ3) is 8.02. The van der Waals surface area contributed by atoms with Crippen LogP contribution in [0.25, 0.3) is 0 Å². The van der Waals surface area contributed by atoms with E-state index in [0.29, 0.717) is 18.0 Å². The van der Waals surface area contributed by atoms with Crippen molar-refractivity contribution in [1.29, 1.82) is 0 Å². The molecule has 0 spiro atoms. The third-order valence-corrected chi connectivity index (χ3v) is 8.79. The van der Waals surface area contributed by atoms with Crippen LogP contribution >= 0.6 is 0 Å². The number of nitrogens with zero attached hydrogens (tertiary/aromatic N) is 2. The summed E-state index contributed by atoms with van der Waals surface area (Å²) in [6, 6.07) is 30.9. The van der Waals surface area contributed by atoms with Crippen molar-refractivity contribution < 1.29 is 22.7 Å². The van der Waals surface area contributed by atoms with Crippen LogP contribution in [-0.4, -0.2) is 51.4 Å². The van der Waals surface area contributed by atoms with Gasteiger partial charge in [-0.15, -0.1) is 0 Å². The van der Waals surface area contributed by atoms with Gasteiger partial charge in [0.15, 0.2) is 0 Å². The Labute approximate surface area is 254 Å². The molecule has 8 nitrogen and oxygen atoms in total. The van der Waals surface area contributed by atoms with E-state index >= 15 is 0 Å². The van der Waals surface area contributed by atoms with Crippen molar-refractivity contribution in [2.75, 3.05) is 24.5 Å². The fourth-order valence-electron chi connectivity index (χ4n) is 4.85. The van der Waals surface area contributed by atoms with Gasteiger partial charge in [-0.2, -0.15) is 0 Å². The Morgan fingerprint density at radius 2 is 1.47 bits per heavy atom. The molecule has 0 unspecified atom stereocenters. The minimum atomic E-state index is -4.17. The predicted molar refractivity (Wildman–Crippen MR) is 168 cm³/mol. The number of nitrogens with one attached hydrogen (secondary N) is 1. The molecule has 0 heterocycles. The minimum Gasteiger partial charge on any atom is -0.494 e. The van der Waals surface area contributed by atoms with Crippen LogP contribution in [0, 0.1) is 6.92 Å². The Bertz CT molecular complexity index is 1610. The summed E-state index contributed by atoms with van der Waals surface area (Å²) in [4.78, 5) is 29.1. The number of sulfonamides is 1. The number of carbonyl (C=O) groups is 2. The molecule has 0 aromatic heterocycles. The molecular weight excluding hydrogens is 562 g/mol. The molecule has 4 aromatic rings. The second-order valence-electron chi connectivity index (χ2n) is 10.1. The highest BCUT2D eigenvalue weighted by atomic mass is 32.2. The largest absolute Gasteiger partial charge is 0.494 e. The van der Waals surface area contributed by atoms with Crippen LogP contribution in [0.1, 0.15) is 23.6 Å². The van der Waals surface area contributed by atoms with Crippen LogP contribution < -0.4 is 14.4 Å². The number of benzene rings is 4. The molecule has 0 fully saturated rings. The lowest BCUT2D eigenvalue weighted by molar-refractivity contribution is -0.139. The van der Waals surface area contributed by atoms with E-state index in [1.165, 1.54) is 24.1 Å². The van der Waals surface area contributed by atoms with Crippen LogP contribution in [0.4, 0.5) is 5.69 Å². The maximum Gasteiger partial charge on any atom is 0.264 e. The average molecular weight is 600 g/mol. The van der Waals surface area contributed by atoms with Crippen LogP contribution in [0.15, 0.2) is 114 Å². The van der Waals surface area contributed by atoms with Gasteiger partial charge in [0.05, 0.1) is 17.2 Å². The number of aryl methyl sites for hydroxylation is 1. The Morgan fingerprint density at radius 3 is 2.07 bits per heavy atom. The SMILES string of the molecule is CCOc1ccc(S(=O)(=O)N(CC(=O)N(Cc2cccc(C)c2)[C@H](Cc2ccccc2)C(=O)NC)c2ccccc2)cc1. The molecule has 0 aliphatic carbocycles. The number of anilines is 1. The monoisotopic (exact) mass is 599 g/mol. The number of rotatable bonds is 13. The first-order valence-corrected chi connectivity index (χ1v) is 15.6. The van der Waals surface area contributed by atoms with Gasteiger partial charge in [0.2, 0.25) is 11.8 Å². The van der Waals surface area contributed by atoms with Crippen molar-refractivity contribution in [3.05, 3.63) is 126 Å². The lowest BCUT2D eigenvalue weighted by Crippen LogP contribution is -2.53. The van der Waals surface area contributed by atoms with Crippen molar-refractivity contribution in [3.63, 3.8) is 0 Å². The number of hydrogen-bond acceptors (Lipinski definition) is 5. The van der Waals surface area contributed by atoms with Gasteiger partial charge in [-0.3, -0.25) is 13.9 Å². The minimum absolute atomic E-state index is 0.0185. The molecule has 9 heteroatoms. The standard InChI is InChI=1S/C34H37N3O5S/c1-4-42-30-18-20-31(21-19-30)43(40,41)37(29-16-9-6-10-17-29)25-33(38)36(24-28-15-11-12-26(2)22-28)32(34(39)35-3)23-27-13-7-5-8-14-27/h5-22,32H,4,23-25H2,1-3H3,(H,35,39)/t32-/m1/s1. The highest BCUT2D eigenvalue weighted by Gasteiger charge is 2.34. The molecule has 0 aliphatic heterocycles. The van der Waals surface area contributed by atoms with E-state index in [2.05, 4.69) is 5.32 Å². The quantitative estimate of drug-likeness (QED) is 0.234. The molecule has 1 N–H and O–H groups in total. The zero-order valence-corrected chi connectivity index (χ0v) is 25.5. The Kier molecular flexibility index (Phi) is 10.6. The van der Waals surface area contributed by atoms with Gasteiger partial charge in [0.1, 0.15) is 18.3 Å². The molecule has 43 heavy (non-hydrogen) atoms. The van der Waals surface area contributed by atoms with Crippen LogP contribution in [0.5, 0.6) is 5.75 Å². The van der Waals surface area contributed by atoms with Gasteiger partial charge in [0.25, 0.3) is 10.0 Å². The summed E-state index contributed by atoms with van der Waals surface area (Å²) >= 11 is 0. The van der Waals surface area contributed by atoms with E-state index in [9.17, 15) is 18.0 Å². The fourth-order valence-corrected chi connectivity index (χ4v) is 6.27. The van der Waals surface area contributed by atoms with Crippen molar-refractivity contribution in [3.8, 4) is 5.75 Å². The Hall–Kier alpha value is -4.63. The number of carbonyl (C=O) groups excluding carboxylic acids is 2. The second-order valence-corrected chi connectivity index (χ2v) is 11.9. The van der Waals surface area contributed by atoms with Crippen molar-refractivity contribution in [2.24, 2.45) is 0 Å². The Balaban J connectivity index is 1.75. The van der Waals surface area contributed by atoms with Crippen molar-refractivity contribution >= 4 is 27.5 Å². The topological polar surface area (TPSA) is 96.0 Å². The summed E-state index contributed by atoms with van der Waals surface area (Å²) in [7, 11) is -2.64. The molecular formula is C34H37N3O5S. The summed E-state index contributed by atoms with van der Waals surface area (Å²) in [5.41, 5.74) is 3.05. The highest BCUT2D eigenvalue weighted by molar-refractivity contribution is 7.92. The van der Waals surface area contributed by atoms with Crippen molar-refractivity contribution in [2.45, 2.75) is 37.8 Å². The molecule has 1 atom stereocenters. The zero-order valence-electron chi connectivity index (χ0n) is 24.6. The van der Waals surface area contributed by atoms with Crippen LogP contribution in [0.3, 0.4) is 0 Å². The third-order valence-electron chi connectivity index (χ3n) is 7.00. The number of likely N-dealkylation sites (N-methyl/N-ethyl adjacent to an activating group) is 1. The van der Waals surface area contributed by atoms with Crippen LogP contribution in [0.2, 0.25) is 0 Å². The molecule has 0 radical (unpaired) electrons. The predicted octanol–water partition coefficient (Wildman–Crippen LogP) is 4.98. The van der Waals surface area contributed by atoms with Crippen LogP contribution in [-0.2, 0) is 32.6 Å². The fraction of sp³-hybridized carbons (Fsp3) is 0.235. The molecule has 2 amide bonds. The number of ether oxygens (including phenoxy) is 1. The summed E-state index contributed by atoms with van der Waals surface area (Å²) < 4.78 is 34.7. The molecule has 0 bridgehead atoms. The molecule has 0 aliphatic rings. The molecule has 0 saturated carbocycles. The zero-order chi connectivity index (χ0) is 30.8. The van der Waals surface area contributed by atoms with E-state index in [0.717, 1.165) is 21.0 Å². The van der Waals surface area contributed by atoms with Gasteiger partial charge < -0.3 is 15.0 Å². The molecule has 0 saturated heterocycles. The first-order chi connectivity index (χ1) is 20.7. The smallest absolute Gasteiger partial charge is 0.264 e. The first kappa shape index (κ1) is 31.3. The van der Waals surface area contributed by atoms with E-state index < -0.39 is 28.5 Å². The van der Waals surface area contributed by atoms with E-state index in [1.807, 2.05) is 68.4 Å². The second kappa shape index (κ2) is 14.5. The maximum absolute atomic E-state index is 14.3. The normalized spacial score (nSPS) is 11.8. The van der Waals surface area contributed by atoms with Gasteiger partial charge in [0, 0.05) is 20.0 Å². The van der Waals surface area contributed by atoms with Crippen molar-refractivity contribution in [1.82, 2.24) is 10.2 Å². The lowest BCUT2D eigenvalue weighted by atomic mass is 10.0. The molecule has 4 aromatic carbocycles. The van der Waals surface area contributed by atoms with Gasteiger partial charge in [-0.05, 0) is 61.4 Å². The average Bonchev–Trinajstić information content (AvgIpc) is 3.02. The number of hydrogen-bond donors (Lipinski definition) is 1. The van der Waals surface area contributed by atoms with E-state index in [4.69, 9.17) is 4.74 Å². The van der Waals surface area contributed by atoms with Gasteiger partial charge in [-0.1, -0.05) is 78.4 Å². The molecule has 224 valence electrons. The first-order valence-electron chi connectivity index (χ1n) is 14.1. The summed E-state index contributed by atoms with van der Waals surface area (Å²) in [6.07, 6.45) is 0.259. The summed E-state index contributed by atoms with van der Waals surface area (Å²) in [5.74, 6) is -0.308. The molecule has 4 rings (SSSR count). The Morgan fingerprint density at radius 1 is 0.837 bits per heavy atom. The lowest BCUT2D eigenvalue weighted by Gasteiger charge is -2.33. The van der Waals surface area contributed by atoms with Gasteiger partial charge >= 0.3 is 0 Å². The van der Waals surface area contributed by atoms with E-state index in [1.54, 1.807) is 42.5 Å². The number of para-hydroxylation sites is 1. The maximum atomic E-state index is 14.3.